The minimum absolute atomic E-state index is 0.0935. The van der Waals surface area contributed by atoms with E-state index >= 15 is 0 Å². The lowest BCUT2D eigenvalue weighted by atomic mass is 10.2. The molecule has 1 aliphatic rings. The van der Waals surface area contributed by atoms with Crippen molar-refractivity contribution in [2.75, 3.05) is 30.3 Å². The zero-order chi connectivity index (χ0) is 11.5. The summed E-state index contributed by atoms with van der Waals surface area (Å²) in [7, 11) is 0. The third-order valence-corrected chi connectivity index (χ3v) is 2.64. The zero-order valence-electron chi connectivity index (χ0n) is 9.19. The number of nitrogens with zero attached hydrogens (tertiary/aromatic N) is 3. The molecule has 2 rings (SSSR count). The van der Waals surface area contributed by atoms with Gasteiger partial charge in [-0.2, -0.15) is 4.98 Å². The van der Waals surface area contributed by atoms with Crippen molar-refractivity contribution in [2.24, 2.45) is 0 Å². The number of ether oxygens (including phenoxy) is 1. The third kappa shape index (κ3) is 2.21. The van der Waals surface area contributed by atoms with Gasteiger partial charge >= 0.3 is 0 Å². The summed E-state index contributed by atoms with van der Waals surface area (Å²) >= 11 is 0. The summed E-state index contributed by atoms with van der Waals surface area (Å²) in [6.45, 7) is 3.90. The Kier molecular flexibility index (Phi) is 3.19. The topological polar surface area (TPSA) is 64.3 Å². The smallest absolute Gasteiger partial charge is 0.222 e. The molecule has 2 N–H and O–H groups in total. The molecule has 0 bridgehead atoms. The number of nitrogen functional groups attached to an aromatic ring is 1. The standard InChI is InChI=1S/C10H15FN4O/c1-2-7-6-15(3-4-16-7)9-8(11)5-13-10(12)14-9/h5,7H,2-4,6H2,1H3,(H2,12,13,14). The number of anilines is 2. The number of rotatable bonds is 2. The van der Waals surface area contributed by atoms with Crippen LogP contribution in [0.2, 0.25) is 0 Å². The highest BCUT2D eigenvalue weighted by atomic mass is 19.1. The van der Waals surface area contributed by atoms with Gasteiger partial charge in [0.1, 0.15) is 0 Å². The maximum absolute atomic E-state index is 13.5. The molecule has 0 amide bonds. The number of nitrogens with two attached hydrogens (primary N) is 1. The van der Waals surface area contributed by atoms with Crippen LogP contribution in [0.1, 0.15) is 13.3 Å². The van der Waals surface area contributed by atoms with Crippen LogP contribution in [0.25, 0.3) is 0 Å². The molecule has 0 aliphatic carbocycles. The number of aromatic nitrogens is 2. The number of halogens is 1. The second kappa shape index (κ2) is 4.61. The molecule has 1 unspecified atom stereocenters. The molecule has 88 valence electrons. The largest absolute Gasteiger partial charge is 0.375 e. The highest BCUT2D eigenvalue weighted by Gasteiger charge is 2.22. The average Bonchev–Trinajstić information content (AvgIpc) is 2.32. The Labute approximate surface area is 93.4 Å². The van der Waals surface area contributed by atoms with Crippen molar-refractivity contribution < 1.29 is 9.13 Å². The maximum Gasteiger partial charge on any atom is 0.222 e. The average molecular weight is 226 g/mol. The van der Waals surface area contributed by atoms with E-state index in [1.165, 1.54) is 0 Å². The molecule has 1 saturated heterocycles. The lowest BCUT2D eigenvalue weighted by Gasteiger charge is -2.33. The molecule has 6 heteroatoms. The summed E-state index contributed by atoms with van der Waals surface area (Å²) in [6.07, 6.45) is 2.14. The van der Waals surface area contributed by atoms with Crippen LogP contribution in [0.4, 0.5) is 16.2 Å². The van der Waals surface area contributed by atoms with Gasteiger partial charge in [0.15, 0.2) is 11.6 Å². The van der Waals surface area contributed by atoms with Crippen LogP contribution in [-0.4, -0.2) is 35.8 Å². The molecule has 5 nitrogen and oxygen atoms in total. The van der Waals surface area contributed by atoms with E-state index < -0.39 is 5.82 Å². The summed E-state index contributed by atoms with van der Waals surface area (Å²) in [5.74, 6) is -0.0730. The Hall–Kier alpha value is -1.43. The molecular formula is C10H15FN4O. The van der Waals surface area contributed by atoms with Crippen LogP contribution < -0.4 is 10.6 Å². The number of hydrogen-bond donors (Lipinski definition) is 1. The van der Waals surface area contributed by atoms with Gasteiger partial charge in [0.2, 0.25) is 5.95 Å². The lowest BCUT2D eigenvalue weighted by molar-refractivity contribution is 0.0379. The van der Waals surface area contributed by atoms with E-state index in [1.807, 2.05) is 11.8 Å². The Morgan fingerprint density at radius 1 is 1.69 bits per heavy atom. The van der Waals surface area contributed by atoms with Gasteiger partial charge in [-0.05, 0) is 6.42 Å². The Bertz CT molecular complexity index is 374. The van der Waals surface area contributed by atoms with Gasteiger partial charge in [0.25, 0.3) is 0 Å². The van der Waals surface area contributed by atoms with E-state index in [4.69, 9.17) is 10.5 Å². The van der Waals surface area contributed by atoms with Gasteiger partial charge in [0.05, 0.1) is 18.9 Å². The summed E-state index contributed by atoms with van der Waals surface area (Å²) in [5, 5.41) is 0. The van der Waals surface area contributed by atoms with Crippen molar-refractivity contribution in [1.29, 1.82) is 0 Å². The normalized spacial score (nSPS) is 21.1. The van der Waals surface area contributed by atoms with E-state index in [2.05, 4.69) is 9.97 Å². The van der Waals surface area contributed by atoms with Gasteiger partial charge in [-0.3, -0.25) is 0 Å². The predicted octanol–water partition coefficient (Wildman–Crippen LogP) is 0.813. The Balaban J connectivity index is 2.19. The lowest BCUT2D eigenvalue weighted by Crippen LogP contribution is -2.43. The van der Waals surface area contributed by atoms with E-state index in [-0.39, 0.29) is 17.9 Å². The quantitative estimate of drug-likeness (QED) is 0.808. The Morgan fingerprint density at radius 3 is 3.25 bits per heavy atom. The molecule has 0 spiro atoms. The van der Waals surface area contributed by atoms with Crippen molar-refractivity contribution >= 4 is 11.8 Å². The molecule has 1 aromatic rings. The van der Waals surface area contributed by atoms with E-state index in [1.54, 1.807) is 0 Å². The predicted molar refractivity (Wildman–Crippen MR) is 58.6 cm³/mol. The fraction of sp³-hybridized carbons (Fsp3) is 0.600. The molecule has 1 fully saturated rings. The van der Waals surface area contributed by atoms with Crippen molar-refractivity contribution in [2.45, 2.75) is 19.4 Å². The molecule has 0 aromatic carbocycles. The van der Waals surface area contributed by atoms with Crippen molar-refractivity contribution in [1.82, 2.24) is 9.97 Å². The monoisotopic (exact) mass is 226 g/mol. The highest BCUT2D eigenvalue weighted by Crippen LogP contribution is 2.19. The van der Waals surface area contributed by atoms with Crippen LogP contribution in [0.5, 0.6) is 0 Å². The molecule has 16 heavy (non-hydrogen) atoms. The van der Waals surface area contributed by atoms with Crippen LogP contribution in [0, 0.1) is 5.82 Å². The molecule has 2 heterocycles. The van der Waals surface area contributed by atoms with E-state index in [0.717, 1.165) is 12.6 Å². The second-order valence-corrected chi connectivity index (χ2v) is 3.75. The zero-order valence-corrected chi connectivity index (χ0v) is 9.19. The summed E-state index contributed by atoms with van der Waals surface area (Å²) in [4.78, 5) is 9.39. The van der Waals surface area contributed by atoms with Crippen LogP contribution >= 0.6 is 0 Å². The molecule has 1 aliphatic heterocycles. The molecule has 1 aromatic heterocycles. The summed E-state index contributed by atoms with van der Waals surface area (Å²) in [6, 6.07) is 0. The van der Waals surface area contributed by atoms with Crippen molar-refractivity contribution in [3.8, 4) is 0 Å². The first-order valence-electron chi connectivity index (χ1n) is 5.35. The van der Waals surface area contributed by atoms with E-state index in [0.29, 0.717) is 19.7 Å². The number of morpholine rings is 1. The Morgan fingerprint density at radius 2 is 2.50 bits per heavy atom. The van der Waals surface area contributed by atoms with Crippen molar-refractivity contribution in [3.05, 3.63) is 12.0 Å². The van der Waals surface area contributed by atoms with Crippen LogP contribution in [-0.2, 0) is 4.74 Å². The first kappa shape index (κ1) is 11.1. The van der Waals surface area contributed by atoms with Gasteiger partial charge < -0.3 is 15.4 Å². The van der Waals surface area contributed by atoms with Gasteiger partial charge in [-0.25, -0.2) is 9.37 Å². The molecular weight excluding hydrogens is 211 g/mol. The fourth-order valence-corrected chi connectivity index (χ4v) is 1.75. The highest BCUT2D eigenvalue weighted by molar-refractivity contribution is 5.43. The summed E-state index contributed by atoms with van der Waals surface area (Å²) in [5.41, 5.74) is 5.45. The summed E-state index contributed by atoms with van der Waals surface area (Å²) < 4.78 is 19.0. The minimum Gasteiger partial charge on any atom is -0.375 e. The first-order chi connectivity index (χ1) is 7.70. The van der Waals surface area contributed by atoms with Crippen molar-refractivity contribution in [3.63, 3.8) is 0 Å². The minimum atomic E-state index is -0.439. The van der Waals surface area contributed by atoms with Gasteiger partial charge in [-0.1, -0.05) is 6.92 Å². The van der Waals surface area contributed by atoms with Gasteiger partial charge in [-0.15, -0.1) is 0 Å². The second-order valence-electron chi connectivity index (χ2n) is 3.75. The van der Waals surface area contributed by atoms with Crippen LogP contribution in [0.3, 0.4) is 0 Å². The fourth-order valence-electron chi connectivity index (χ4n) is 1.75. The van der Waals surface area contributed by atoms with E-state index in [9.17, 15) is 4.39 Å². The molecule has 0 saturated carbocycles. The van der Waals surface area contributed by atoms with Crippen LogP contribution in [0.15, 0.2) is 6.20 Å². The first-order valence-corrected chi connectivity index (χ1v) is 5.35. The van der Waals surface area contributed by atoms with Gasteiger partial charge in [0, 0.05) is 13.1 Å². The SMILES string of the molecule is CCC1CN(c2nc(N)ncc2F)CCO1. The third-order valence-electron chi connectivity index (χ3n) is 2.64. The number of hydrogen-bond acceptors (Lipinski definition) is 5. The molecule has 1 atom stereocenters. The maximum atomic E-state index is 13.5. The molecule has 0 radical (unpaired) electrons.